The second kappa shape index (κ2) is 5.49. The highest BCUT2D eigenvalue weighted by molar-refractivity contribution is 7.89. The monoisotopic (exact) mass is 388 g/mol. The standard InChI is InChI=1S/C18H12O6S2/c19-25(20,21)16-10-9-15-13-7-2-1-5-11(13)12-6-3-4-8-14(12)17(15)18(16)26(22,23)24/h1-10H,(H,19,20,21)(H,22,23,24). The van der Waals surface area contributed by atoms with Crippen molar-refractivity contribution in [3.05, 3.63) is 60.7 Å². The molecule has 0 fully saturated rings. The molecule has 4 aromatic rings. The third-order valence-electron chi connectivity index (χ3n) is 4.36. The zero-order valence-corrected chi connectivity index (χ0v) is 14.8. The van der Waals surface area contributed by atoms with Crippen LogP contribution in [0.5, 0.6) is 0 Å². The van der Waals surface area contributed by atoms with Crippen molar-refractivity contribution < 1.29 is 25.9 Å². The van der Waals surface area contributed by atoms with E-state index in [0.717, 1.165) is 11.5 Å². The predicted octanol–water partition coefficient (Wildman–Crippen LogP) is 3.64. The summed E-state index contributed by atoms with van der Waals surface area (Å²) in [4.78, 5) is -1.67. The average molecular weight is 388 g/mol. The van der Waals surface area contributed by atoms with Crippen molar-refractivity contribution in [3.63, 3.8) is 0 Å². The number of rotatable bonds is 2. The van der Waals surface area contributed by atoms with Crippen LogP contribution < -0.4 is 0 Å². The van der Waals surface area contributed by atoms with E-state index in [1.54, 1.807) is 36.4 Å². The number of hydrogen-bond donors (Lipinski definition) is 2. The maximum Gasteiger partial charge on any atom is 0.296 e. The van der Waals surface area contributed by atoms with Gasteiger partial charge in [-0.15, -0.1) is 0 Å². The summed E-state index contributed by atoms with van der Waals surface area (Å²) in [5, 5.41) is 3.23. The molecule has 0 atom stereocenters. The lowest BCUT2D eigenvalue weighted by Crippen LogP contribution is -2.09. The van der Waals surface area contributed by atoms with Gasteiger partial charge in [0.15, 0.2) is 0 Å². The fourth-order valence-electron chi connectivity index (χ4n) is 3.40. The second-order valence-electron chi connectivity index (χ2n) is 5.86. The molecular weight excluding hydrogens is 376 g/mol. The lowest BCUT2D eigenvalue weighted by atomic mass is 9.94. The molecule has 2 N–H and O–H groups in total. The van der Waals surface area contributed by atoms with Gasteiger partial charge in [-0.05, 0) is 33.0 Å². The molecule has 26 heavy (non-hydrogen) atoms. The first kappa shape index (κ1) is 16.9. The average Bonchev–Trinajstić information content (AvgIpc) is 2.59. The van der Waals surface area contributed by atoms with Crippen molar-refractivity contribution in [1.29, 1.82) is 0 Å². The molecule has 0 amide bonds. The van der Waals surface area contributed by atoms with Gasteiger partial charge in [0, 0.05) is 5.39 Å². The summed E-state index contributed by atoms with van der Waals surface area (Å²) in [6.45, 7) is 0. The molecule has 0 bridgehead atoms. The molecule has 0 saturated heterocycles. The van der Waals surface area contributed by atoms with Crippen molar-refractivity contribution >= 4 is 52.6 Å². The number of hydrogen-bond acceptors (Lipinski definition) is 4. The predicted molar refractivity (Wildman–Crippen MR) is 98.6 cm³/mol. The zero-order valence-electron chi connectivity index (χ0n) is 13.1. The molecular formula is C18H12O6S2. The second-order valence-corrected chi connectivity index (χ2v) is 8.61. The van der Waals surface area contributed by atoms with E-state index in [2.05, 4.69) is 0 Å². The van der Waals surface area contributed by atoms with Crippen molar-refractivity contribution in [2.24, 2.45) is 0 Å². The van der Waals surface area contributed by atoms with Crippen LogP contribution in [-0.4, -0.2) is 25.9 Å². The van der Waals surface area contributed by atoms with E-state index in [0.29, 0.717) is 21.5 Å². The fraction of sp³-hybridized carbons (Fsp3) is 0. The van der Waals surface area contributed by atoms with Gasteiger partial charge >= 0.3 is 0 Å². The van der Waals surface area contributed by atoms with Gasteiger partial charge in [-0.25, -0.2) is 0 Å². The zero-order chi connectivity index (χ0) is 18.7. The lowest BCUT2D eigenvalue weighted by Gasteiger charge is -2.14. The number of fused-ring (bicyclic) bond motifs is 6. The molecule has 0 spiro atoms. The van der Waals surface area contributed by atoms with Crippen molar-refractivity contribution in [2.75, 3.05) is 0 Å². The van der Waals surface area contributed by atoms with E-state index in [1.807, 2.05) is 12.1 Å². The van der Waals surface area contributed by atoms with Gasteiger partial charge in [-0.2, -0.15) is 16.8 Å². The van der Waals surface area contributed by atoms with E-state index in [1.165, 1.54) is 6.07 Å². The van der Waals surface area contributed by atoms with Crippen LogP contribution in [0.25, 0.3) is 32.3 Å². The third kappa shape index (κ3) is 2.46. The first-order chi connectivity index (χ1) is 12.2. The summed E-state index contributed by atoms with van der Waals surface area (Å²) in [5.41, 5.74) is 0. The van der Waals surface area contributed by atoms with E-state index in [4.69, 9.17) is 0 Å². The minimum Gasteiger partial charge on any atom is -0.282 e. The van der Waals surface area contributed by atoms with Crippen LogP contribution in [0.1, 0.15) is 0 Å². The summed E-state index contributed by atoms with van der Waals surface area (Å²) >= 11 is 0. The van der Waals surface area contributed by atoms with Crippen molar-refractivity contribution in [1.82, 2.24) is 0 Å². The Balaban J connectivity index is 2.47. The first-order valence-electron chi connectivity index (χ1n) is 7.51. The molecule has 0 heterocycles. The smallest absolute Gasteiger partial charge is 0.282 e. The Morgan fingerprint density at radius 2 is 0.962 bits per heavy atom. The minimum absolute atomic E-state index is 0.0527. The van der Waals surface area contributed by atoms with Crippen LogP contribution >= 0.6 is 0 Å². The topological polar surface area (TPSA) is 109 Å². The van der Waals surface area contributed by atoms with Crippen LogP contribution in [0.4, 0.5) is 0 Å². The highest BCUT2D eigenvalue weighted by Gasteiger charge is 2.28. The highest BCUT2D eigenvalue weighted by Crippen LogP contribution is 2.40. The molecule has 0 aliphatic heterocycles. The SMILES string of the molecule is O=S(=O)(O)c1ccc2c3ccccc3c3ccccc3c2c1S(=O)(=O)O. The Morgan fingerprint density at radius 3 is 1.42 bits per heavy atom. The molecule has 4 rings (SSSR count). The molecule has 0 saturated carbocycles. The fourth-order valence-corrected chi connectivity index (χ4v) is 5.41. The maximum absolute atomic E-state index is 12.1. The Morgan fingerprint density at radius 1 is 0.538 bits per heavy atom. The van der Waals surface area contributed by atoms with Gasteiger partial charge in [0.1, 0.15) is 9.79 Å². The summed E-state index contributed by atoms with van der Waals surface area (Å²) in [6.07, 6.45) is 0. The van der Waals surface area contributed by atoms with Gasteiger partial charge in [-0.1, -0.05) is 54.6 Å². The Labute approximate surface area is 149 Å². The van der Waals surface area contributed by atoms with Crippen LogP contribution in [0.3, 0.4) is 0 Å². The van der Waals surface area contributed by atoms with Gasteiger partial charge in [0.05, 0.1) is 0 Å². The summed E-state index contributed by atoms with van der Waals surface area (Å²) in [6, 6.07) is 16.6. The minimum atomic E-state index is -4.94. The molecule has 6 nitrogen and oxygen atoms in total. The summed E-state index contributed by atoms with van der Waals surface area (Å²) in [5.74, 6) is 0. The van der Waals surface area contributed by atoms with Gasteiger partial charge < -0.3 is 0 Å². The van der Waals surface area contributed by atoms with Gasteiger partial charge in [0.2, 0.25) is 0 Å². The van der Waals surface area contributed by atoms with Gasteiger partial charge in [-0.3, -0.25) is 9.11 Å². The number of benzene rings is 4. The normalized spacial score (nSPS) is 12.8. The Hall–Kier alpha value is -2.52. The lowest BCUT2D eigenvalue weighted by molar-refractivity contribution is 0.468. The first-order valence-corrected chi connectivity index (χ1v) is 10.4. The van der Waals surface area contributed by atoms with Crippen LogP contribution in [0, 0.1) is 0 Å². The van der Waals surface area contributed by atoms with Crippen LogP contribution in [0.15, 0.2) is 70.5 Å². The van der Waals surface area contributed by atoms with E-state index in [9.17, 15) is 25.9 Å². The van der Waals surface area contributed by atoms with E-state index in [-0.39, 0.29) is 5.39 Å². The van der Waals surface area contributed by atoms with Crippen LogP contribution in [-0.2, 0) is 20.2 Å². The molecule has 132 valence electrons. The van der Waals surface area contributed by atoms with Crippen LogP contribution in [0.2, 0.25) is 0 Å². The largest absolute Gasteiger partial charge is 0.296 e. The molecule has 0 aromatic heterocycles. The van der Waals surface area contributed by atoms with Crippen molar-refractivity contribution in [3.8, 4) is 0 Å². The highest BCUT2D eigenvalue weighted by atomic mass is 32.2. The maximum atomic E-state index is 12.1. The third-order valence-corrected chi connectivity index (χ3v) is 6.33. The van der Waals surface area contributed by atoms with E-state index < -0.39 is 30.0 Å². The molecule has 0 radical (unpaired) electrons. The quantitative estimate of drug-likeness (QED) is 0.401. The summed E-state index contributed by atoms with van der Waals surface area (Å²) in [7, 11) is -9.81. The Bertz CT molecular complexity index is 1390. The van der Waals surface area contributed by atoms with Gasteiger partial charge in [0.25, 0.3) is 20.2 Å². The molecule has 8 heteroatoms. The van der Waals surface area contributed by atoms with E-state index >= 15 is 0 Å². The molecule has 0 aliphatic rings. The molecule has 0 unspecified atom stereocenters. The molecule has 0 aliphatic carbocycles. The molecule has 4 aromatic carbocycles. The van der Waals surface area contributed by atoms with Crippen molar-refractivity contribution in [2.45, 2.75) is 9.79 Å². The Kier molecular flexibility index (Phi) is 3.57. The summed E-state index contributed by atoms with van der Waals surface area (Å²) < 4.78 is 66.8.